The van der Waals surface area contributed by atoms with Gasteiger partial charge in [-0.15, -0.1) is 0 Å². The lowest BCUT2D eigenvalue weighted by molar-refractivity contribution is -0.144. The fourth-order valence-corrected chi connectivity index (χ4v) is 2.19. The summed E-state index contributed by atoms with van der Waals surface area (Å²) in [6.07, 6.45) is 0.866. The van der Waals surface area contributed by atoms with E-state index in [1.807, 2.05) is 12.1 Å². The molecule has 1 aromatic rings. The largest absolute Gasteiger partial charge is 0.508 e. The minimum absolute atomic E-state index is 0.0112. The van der Waals surface area contributed by atoms with Crippen molar-refractivity contribution in [1.82, 2.24) is 4.90 Å². The maximum absolute atomic E-state index is 11.4. The fourth-order valence-electron chi connectivity index (χ4n) is 2.19. The van der Waals surface area contributed by atoms with E-state index in [2.05, 4.69) is 4.90 Å². The Bertz CT molecular complexity index is 388. The van der Waals surface area contributed by atoms with Crippen LogP contribution in [0.15, 0.2) is 24.3 Å². The molecule has 0 spiro atoms. The molecule has 1 aromatic carbocycles. The van der Waals surface area contributed by atoms with E-state index in [9.17, 15) is 9.90 Å². The van der Waals surface area contributed by atoms with Gasteiger partial charge in [0.15, 0.2) is 0 Å². The van der Waals surface area contributed by atoms with E-state index in [1.54, 1.807) is 12.1 Å². The Hall–Kier alpha value is -1.55. The summed E-state index contributed by atoms with van der Waals surface area (Å²) in [4.78, 5) is 13.6. The molecule has 4 heteroatoms. The predicted molar refractivity (Wildman–Crippen MR) is 63.5 cm³/mol. The lowest BCUT2D eigenvalue weighted by Crippen LogP contribution is -2.23. The van der Waals surface area contributed by atoms with Gasteiger partial charge in [0.05, 0.1) is 13.0 Å². The quantitative estimate of drug-likeness (QED) is 0.804. The van der Waals surface area contributed by atoms with Gasteiger partial charge in [-0.2, -0.15) is 0 Å². The normalized spacial score (nSPS) is 20.4. The zero-order valence-corrected chi connectivity index (χ0v) is 9.93. The highest BCUT2D eigenvalue weighted by Crippen LogP contribution is 2.20. The van der Waals surface area contributed by atoms with Crippen LogP contribution in [0.5, 0.6) is 5.75 Å². The van der Waals surface area contributed by atoms with E-state index >= 15 is 0 Å². The number of hydrogen-bond donors (Lipinski definition) is 1. The van der Waals surface area contributed by atoms with E-state index in [0.29, 0.717) is 0 Å². The number of likely N-dealkylation sites (tertiary alicyclic amines) is 1. The van der Waals surface area contributed by atoms with Gasteiger partial charge in [0.2, 0.25) is 0 Å². The summed E-state index contributed by atoms with van der Waals surface area (Å²) >= 11 is 0. The predicted octanol–water partition coefficient (Wildman–Crippen LogP) is 1.39. The molecular formula is C13H17NO3. The van der Waals surface area contributed by atoms with Gasteiger partial charge in [0.25, 0.3) is 0 Å². The monoisotopic (exact) mass is 235 g/mol. The number of aromatic hydroxyl groups is 1. The topological polar surface area (TPSA) is 49.8 Å². The average molecular weight is 235 g/mol. The Morgan fingerprint density at radius 3 is 2.82 bits per heavy atom. The molecule has 0 aromatic heterocycles. The molecule has 17 heavy (non-hydrogen) atoms. The SMILES string of the molecule is COC(=O)C1CCN(Cc2ccc(O)cc2)C1. The van der Waals surface area contributed by atoms with Gasteiger partial charge < -0.3 is 9.84 Å². The highest BCUT2D eigenvalue weighted by molar-refractivity contribution is 5.72. The van der Waals surface area contributed by atoms with E-state index in [0.717, 1.165) is 31.6 Å². The zero-order chi connectivity index (χ0) is 12.3. The van der Waals surface area contributed by atoms with Crippen LogP contribution in [-0.2, 0) is 16.1 Å². The van der Waals surface area contributed by atoms with Crippen molar-refractivity contribution in [3.63, 3.8) is 0 Å². The van der Waals surface area contributed by atoms with Crippen LogP contribution in [0.2, 0.25) is 0 Å². The van der Waals surface area contributed by atoms with Gasteiger partial charge in [0, 0.05) is 13.1 Å². The van der Waals surface area contributed by atoms with Crippen molar-refractivity contribution >= 4 is 5.97 Å². The van der Waals surface area contributed by atoms with Gasteiger partial charge in [-0.1, -0.05) is 12.1 Å². The smallest absolute Gasteiger partial charge is 0.310 e. The fraction of sp³-hybridized carbons (Fsp3) is 0.462. The molecule has 1 atom stereocenters. The minimum atomic E-state index is -0.113. The number of esters is 1. The number of nitrogens with zero attached hydrogens (tertiary/aromatic N) is 1. The summed E-state index contributed by atoms with van der Waals surface area (Å²) in [5, 5.41) is 9.19. The molecule has 0 radical (unpaired) electrons. The molecule has 0 saturated carbocycles. The number of rotatable bonds is 3. The van der Waals surface area contributed by atoms with Crippen LogP contribution in [0.4, 0.5) is 0 Å². The molecule has 92 valence electrons. The number of carbonyl (C=O) groups is 1. The van der Waals surface area contributed by atoms with Crippen molar-refractivity contribution in [2.75, 3.05) is 20.2 Å². The molecule has 4 nitrogen and oxygen atoms in total. The maximum Gasteiger partial charge on any atom is 0.310 e. The summed E-state index contributed by atoms with van der Waals surface area (Å²) in [6, 6.07) is 7.17. The zero-order valence-electron chi connectivity index (χ0n) is 9.93. The molecule has 1 fully saturated rings. The highest BCUT2D eigenvalue weighted by atomic mass is 16.5. The lowest BCUT2D eigenvalue weighted by atomic mass is 10.1. The molecule has 0 aliphatic carbocycles. The van der Waals surface area contributed by atoms with Gasteiger partial charge in [-0.25, -0.2) is 0 Å². The van der Waals surface area contributed by atoms with Crippen molar-refractivity contribution in [2.24, 2.45) is 5.92 Å². The number of methoxy groups -OCH3 is 1. The molecular weight excluding hydrogens is 218 g/mol. The second kappa shape index (κ2) is 5.19. The first-order valence-corrected chi connectivity index (χ1v) is 5.77. The first kappa shape index (κ1) is 11.9. The minimum Gasteiger partial charge on any atom is -0.508 e. The number of carbonyl (C=O) groups excluding carboxylic acids is 1. The van der Waals surface area contributed by atoms with E-state index in [4.69, 9.17) is 4.74 Å². The van der Waals surface area contributed by atoms with Crippen molar-refractivity contribution in [3.05, 3.63) is 29.8 Å². The standard InChI is InChI=1S/C13H17NO3/c1-17-13(16)11-6-7-14(9-11)8-10-2-4-12(15)5-3-10/h2-5,11,15H,6-9H2,1H3. The van der Waals surface area contributed by atoms with Crippen molar-refractivity contribution in [2.45, 2.75) is 13.0 Å². The van der Waals surface area contributed by atoms with Crippen LogP contribution in [-0.4, -0.2) is 36.2 Å². The van der Waals surface area contributed by atoms with Crippen LogP contribution in [0.25, 0.3) is 0 Å². The molecule has 1 saturated heterocycles. The van der Waals surface area contributed by atoms with Crippen LogP contribution < -0.4 is 0 Å². The number of phenols is 1. The van der Waals surface area contributed by atoms with Crippen LogP contribution in [0.1, 0.15) is 12.0 Å². The first-order chi connectivity index (χ1) is 8.19. The number of phenolic OH excluding ortho intramolecular Hbond substituents is 1. The van der Waals surface area contributed by atoms with Crippen LogP contribution >= 0.6 is 0 Å². The number of ether oxygens (including phenoxy) is 1. The summed E-state index contributed by atoms with van der Waals surface area (Å²) in [5.41, 5.74) is 1.15. The molecule has 2 rings (SSSR count). The van der Waals surface area contributed by atoms with Crippen LogP contribution in [0, 0.1) is 5.92 Å². The van der Waals surface area contributed by atoms with Gasteiger partial charge >= 0.3 is 5.97 Å². The Kier molecular flexibility index (Phi) is 3.64. The number of benzene rings is 1. The number of hydrogen-bond acceptors (Lipinski definition) is 4. The molecule has 0 bridgehead atoms. The summed E-state index contributed by atoms with van der Waals surface area (Å²) in [7, 11) is 1.44. The maximum atomic E-state index is 11.4. The third-order valence-electron chi connectivity index (χ3n) is 3.15. The van der Waals surface area contributed by atoms with Crippen molar-refractivity contribution in [3.8, 4) is 5.75 Å². The highest BCUT2D eigenvalue weighted by Gasteiger charge is 2.28. The third kappa shape index (κ3) is 2.97. The third-order valence-corrected chi connectivity index (χ3v) is 3.15. The Balaban J connectivity index is 1.89. The van der Waals surface area contributed by atoms with Gasteiger partial charge in [0.1, 0.15) is 5.75 Å². The van der Waals surface area contributed by atoms with Gasteiger partial charge in [-0.05, 0) is 30.7 Å². The molecule has 1 N–H and O–H groups in total. The molecule has 1 heterocycles. The van der Waals surface area contributed by atoms with Crippen molar-refractivity contribution < 1.29 is 14.6 Å². The summed E-state index contributed by atoms with van der Waals surface area (Å²) in [6.45, 7) is 2.49. The Labute approximate surface area is 101 Å². The first-order valence-electron chi connectivity index (χ1n) is 5.77. The second-order valence-corrected chi connectivity index (χ2v) is 4.41. The molecule has 1 unspecified atom stereocenters. The summed E-state index contributed by atoms with van der Waals surface area (Å²) in [5.74, 6) is 0.179. The van der Waals surface area contributed by atoms with E-state index in [1.165, 1.54) is 7.11 Å². The second-order valence-electron chi connectivity index (χ2n) is 4.41. The summed E-state index contributed by atoms with van der Waals surface area (Å²) < 4.78 is 4.75. The Morgan fingerprint density at radius 1 is 1.47 bits per heavy atom. The van der Waals surface area contributed by atoms with Crippen molar-refractivity contribution in [1.29, 1.82) is 0 Å². The molecule has 1 aliphatic heterocycles. The Morgan fingerprint density at radius 2 is 2.18 bits per heavy atom. The average Bonchev–Trinajstić information content (AvgIpc) is 2.80. The van der Waals surface area contributed by atoms with E-state index < -0.39 is 0 Å². The molecule has 1 aliphatic rings. The molecule has 0 amide bonds. The van der Waals surface area contributed by atoms with Gasteiger partial charge in [-0.3, -0.25) is 9.69 Å². The lowest BCUT2D eigenvalue weighted by Gasteiger charge is -2.15. The van der Waals surface area contributed by atoms with Crippen LogP contribution in [0.3, 0.4) is 0 Å². The van der Waals surface area contributed by atoms with E-state index in [-0.39, 0.29) is 17.6 Å².